The highest BCUT2D eigenvalue weighted by Crippen LogP contribution is 2.15. The van der Waals surface area contributed by atoms with E-state index in [1.54, 1.807) is 7.11 Å². The second kappa shape index (κ2) is 12.4. The number of aliphatic imine (C=N–C) groups is 1. The number of rotatable bonds is 9. The summed E-state index contributed by atoms with van der Waals surface area (Å²) >= 11 is 0. The molecular weight excluding hydrogens is 541 g/mol. The van der Waals surface area contributed by atoms with Gasteiger partial charge in [0.15, 0.2) is 11.8 Å². The molecule has 2 heterocycles. The van der Waals surface area contributed by atoms with Crippen molar-refractivity contribution >= 4 is 40.8 Å². The number of para-hydroxylation sites is 1. The molecule has 0 spiro atoms. The number of benzene rings is 2. The number of nitrogens with zero attached hydrogens (tertiary/aromatic N) is 5. The van der Waals surface area contributed by atoms with Gasteiger partial charge in [0.2, 0.25) is 0 Å². The van der Waals surface area contributed by atoms with Crippen molar-refractivity contribution in [1.82, 2.24) is 30.0 Å². The molecule has 4 rings (SSSR count). The number of guanidine groups is 1. The minimum absolute atomic E-state index is 0. The number of ether oxygens (including phenoxy) is 1. The van der Waals surface area contributed by atoms with Crippen molar-refractivity contribution in [3.05, 3.63) is 78.0 Å². The Morgan fingerprint density at radius 1 is 1.03 bits per heavy atom. The third kappa shape index (κ3) is 6.49. The third-order valence-corrected chi connectivity index (χ3v) is 5.72. The molecule has 180 valence electrons. The van der Waals surface area contributed by atoms with E-state index in [0.717, 1.165) is 48.4 Å². The quantitative estimate of drug-likeness (QED) is 0.137. The standard InChI is InChI=1S/C25H31N7O.HI/c1-19-29-30-24(31(19)2)18-28-25(27-17-20-9-11-22(33-3)12-10-20)26-14-6-15-32-16-13-21-7-4-5-8-23(21)32;/h4-5,7-13,16H,6,14-15,17-18H2,1-3H3,(H2,26,27,28);1H. The van der Waals surface area contributed by atoms with Gasteiger partial charge in [0.1, 0.15) is 11.6 Å². The second-order valence-corrected chi connectivity index (χ2v) is 7.94. The van der Waals surface area contributed by atoms with Gasteiger partial charge in [0.25, 0.3) is 0 Å². The van der Waals surface area contributed by atoms with Gasteiger partial charge in [-0.05, 0) is 48.6 Å². The van der Waals surface area contributed by atoms with Gasteiger partial charge in [0, 0.05) is 31.9 Å². The molecule has 9 heteroatoms. The lowest BCUT2D eigenvalue weighted by atomic mass is 10.2. The van der Waals surface area contributed by atoms with Crippen molar-refractivity contribution in [3.8, 4) is 5.75 Å². The average Bonchev–Trinajstić information content (AvgIpc) is 3.41. The summed E-state index contributed by atoms with van der Waals surface area (Å²) in [6.07, 6.45) is 3.13. The fourth-order valence-electron chi connectivity index (χ4n) is 3.64. The minimum Gasteiger partial charge on any atom is -0.497 e. The maximum Gasteiger partial charge on any atom is 0.191 e. The molecule has 0 aliphatic heterocycles. The van der Waals surface area contributed by atoms with Crippen LogP contribution in [0.3, 0.4) is 0 Å². The molecular formula is C25H32IN7O. The minimum atomic E-state index is 0. The number of methoxy groups -OCH3 is 1. The molecule has 2 N–H and O–H groups in total. The van der Waals surface area contributed by atoms with Crippen LogP contribution in [0.15, 0.2) is 65.8 Å². The lowest BCUT2D eigenvalue weighted by Crippen LogP contribution is -2.38. The average molecular weight is 573 g/mol. The van der Waals surface area contributed by atoms with Gasteiger partial charge in [0.05, 0.1) is 20.2 Å². The van der Waals surface area contributed by atoms with Crippen LogP contribution in [-0.2, 0) is 26.7 Å². The number of hydrogen-bond acceptors (Lipinski definition) is 4. The zero-order valence-corrected chi connectivity index (χ0v) is 22.2. The number of hydrogen-bond donors (Lipinski definition) is 2. The summed E-state index contributed by atoms with van der Waals surface area (Å²) in [5.41, 5.74) is 2.38. The summed E-state index contributed by atoms with van der Waals surface area (Å²) in [4.78, 5) is 4.77. The van der Waals surface area contributed by atoms with E-state index in [2.05, 4.69) is 61.9 Å². The van der Waals surface area contributed by atoms with Crippen LogP contribution in [-0.4, -0.2) is 38.9 Å². The largest absolute Gasteiger partial charge is 0.497 e. The van der Waals surface area contributed by atoms with E-state index in [1.807, 2.05) is 42.8 Å². The number of aromatic nitrogens is 4. The number of fused-ring (bicyclic) bond motifs is 1. The summed E-state index contributed by atoms with van der Waals surface area (Å²) < 4.78 is 9.51. The molecule has 0 aliphatic rings. The van der Waals surface area contributed by atoms with Crippen molar-refractivity contribution < 1.29 is 4.74 Å². The van der Waals surface area contributed by atoms with Crippen LogP contribution >= 0.6 is 24.0 Å². The predicted molar refractivity (Wildman–Crippen MR) is 147 cm³/mol. The molecule has 0 radical (unpaired) electrons. The SMILES string of the molecule is COc1ccc(CN=C(NCCCn2ccc3ccccc32)NCc2nnc(C)n2C)cc1.I. The van der Waals surface area contributed by atoms with Crippen molar-refractivity contribution in [2.75, 3.05) is 13.7 Å². The maximum absolute atomic E-state index is 5.24. The highest BCUT2D eigenvalue weighted by molar-refractivity contribution is 14.0. The summed E-state index contributed by atoms with van der Waals surface area (Å²) in [5.74, 6) is 3.35. The first kappa shape index (κ1) is 25.5. The third-order valence-electron chi connectivity index (χ3n) is 5.72. The zero-order valence-electron chi connectivity index (χ0n) is 19.9. The Morgan fingerprint density at radius 2 is 1.82 bits per heavy atom. The van der Waals surface area contributed by atoms with Crippen LogP contribution in [0.2, 0.25) is 0 Å². The Morgan fingerprint density at radius 3 is 2.56 bits per heavy atom. The van der Waals surface area contributed by atoms with Gasteiger partial charge in [-0.15, -0.1) is 34.2 Å². The monoisotopic (exact) mass is 573 g/mol. The number of nitrogens with one attached hydrogen (secondary N) is 2. The van der Waals surface area contributed by atoms with Crippen molar-refractivity contribution in [2.24, 2.45) is 12.0 Å². The van der Waals surface area contributed by atoms with Crippen LogP contribution in [0.4, 0.5) is 0 Å². The van der Waals surface area contributed by atoms with Crippen LogP contribution in [0, 0.1) is 6.92 Å². The lowest BCUT2D eigenvalue weighted by molar-refractivity contribution is 0.414. The lowest BCUT2D eigenvalue weighted by Gasteiger charge is -2.13. The Bertz CT molecular complexity index is 1210. The van der Waals surface area contributed by atoms with Crippen molar-refractivity contribution in [3.63, 3.8) is 0 Å². The summed E-state index contributed by atoms with van der Waals surface area (Å²) in [6.45, 7) is 4.80. The fraction of sp³-hybridized carbons (Fsp3) is 0.320. The van der Waals surface area contributed by atoms with Crippen LogP contribution in [0.5, 0.6) is 5.75 Å². The first-order chi connectivity index (χ1) is 16.1. The Hall–Kier alpha value is -3.08. The smallest absolute Gasteiger partial charge is 0.191 e. The molecule has 34 heavy (non-hydrogen) atoms. The molecule has 8 nitrogen and oxygen atoms in total. The molecule has 0 unspecified atom stereocenters. The topological polar surface area (TPSA) is 81.3 Å². The van der Waals surface area contributed by atoms with E-state index < -0.39 is 0 Å². The molecule has 0 saturated heterocycles. The molecule has 0 atom stereocenters. The van der Waals surface area contributed by atoms with E-state index in [-0.39, 0.29) is 24.0 Å². The van der Waals surface area contributed by atoms with Gasteiger partial charge >= 0.3 is 0 Å². The fourth-order valence-corrected chi connectivity index (χ4v) is 3.64. The molecule has 2 aromatic heterocycles. The Kier molecular flexibility index (Phi) is 9.32. The molecule has 4 aromatic rings. The Labute approximate surface area is 217 Å². The zero-order chi connectivity index (χ0) is 23.0. The summed E-state index contributed by atoms with van der Waals surface area (Å²) in [5, 5.41) is 16.5. The normalized spacial score (nSPS) is 11.3. The van der Waals surface area contributed by atoms with E-state index >= 15 is 0 Å². The Balaban J connectivity index is 0.00000324. The summed E-state index contributed by atoms with van der Waals surface area (Å²) in [6, 6.07) is 18.6. The van der Waals surface area contributed by atoms with Crippen LogP contribution in [0.1, 0.15) is 23.6 Å². The second-order valence-electron chi connectivity index (χ2n) is 7.94. The summed E-state index contributed by atoms with van der Waals surface area (Å²) in [7, 11) is 3.64. The molecule has 0 amide bonds. The first-order valence-electron chi connectivity index (χ1n) is 11.2. The van der Waals surface area contributed by atoms with E-state index in [1.165, 1.54) is 10.9 Å². The predicted octanol–water partition coefficient (Wildman–Crippen LogP) is 4.03. The van der Waals surface area contributed by atoms with Crippen LogP contribution < -0.4 is 15.4 Å². The van der Waals surface area contributed by atoms with Gasteiger partial charge < -0.3 is 24.5 Å². The van der Waals surface area contributed by atoms with Crippen molar-refractivity contribution in [2.45, 2.75) is 33.0 Å². The van der Waals surface area contributed by atoms with Crippen LogP contribution in [0.25, 0.3) is 10.9 Å². The first-order valence-corrected chi connectivity index (χ1v) is 11.2. The van der Waals surface area contributed by atoms with Gasteiger partial charge in [-0.2, -0.15) is 0 Å². The van der Waals surface area contributed by atoms with Crippen molar-refractivity contribution in [1.29, 1.82) is 0 Å². The van der Waals surface area contributed by atoms with E-state index in [9.17, 15) is 0 Å². The van der Waals surface area contributed by atoms with Gasteiger partial charge in [-0.25, -0.2) is 4.99 Å². The molecule has 0 bridgehead atoms. The highest BCUT2D eigenvalue weighted by atomic mass is 127. The number of halogens is 1. The van der Waals surface area contributed by atoms with Gasteiger partial charge in [-0.1, -0.05) is 30.3 Å². The molecule has 0 aliphatic carbocycles. The number of aryl methyl sites for hydroxylation is 2. The maximum atomic E-state index is 5.24. The molecule has 0 saturated carbocycles. The van der Waals surface area contributed by atoms with Gasteiger partial charge in [-0.3, -0.25) is 0 Å². The highest BCUT2D eigenvalue weighted by Gasteiger charge is 2.07. The van der Waals surface area contributed by atoms with E-state index in [0.29, 0.717) is 13.1 Å². The van der Waals surface area contributed by atoms with E-state index in [4.69, 9.17) is 9.73 Å². The molecule has 2 aromatic carbocycles. The molecule has 0 fully saturated rings.